The molecule has 0 radical (unpaired) electrons. The van der Waals surface area contributed by atoms with Gasteiger partial charge in [0.2, 0.25) is 0 Å². The molecule has 16 heavy (non-hydrogen) atoms. The van der Waals surface area contributed by atoms with Gasteiger partial charge in [-0.05, 0) is 49.6 Å². The Bertz CT molecular complexity index is 282. The number of hydrogen-bond donors (Lipinski definition) is 0. The summed E-state index contributed by atoms with van der Waals surface area (Å²) in [6.07, 6.45) is 5.15. The van der Waals surface area contributed by atoms with Gasteiger partial charge in [0, 0.05) is 26.2 Å². The number of hydrogen-bond acceptors (Lipinski definition) is 2. The molecule has 3 fully saturated rings. The van der Waals surface area contributed by atoms with Crippen molar-refractivity contribution in [3.63, 3.8) is 0 Å². The predicted octanol–water partition coefficient (Wildman–Crippen LogP) is 1.16. The number of rotatable bonds is 0. The molecule has 2 heteroatoms. The van der Waals surface area contributed by atoms with Crippen LogP contribution in [0.4, 0.5) is 0 Å². The maximum absolute atomic E-state index is 2.57. The van der Waals surface area contributed by atoms with Crippen molar-refractivity contribution in [2.45, 2.75) is 0 Å². The van der Waals surface area contributed by atoms with E-state index in [1.54, 1.807) is 0 Å². The lowest BCUT2D eigenvalue weighted by atomic mass is 9.55. The molecule has 1 saturated carbocycles. The van der Waals surface area contributed by atoms with Crippen molar-refractivity contribution in [1.29, 1.82) is 0 Å². The van der Waals surface area contributed by atoms with Gasteiger partial charge in [0.1, 0.15) is 0 Å². The maximum atomic E-state index is 2.57. The van der Waals surface area contributed by atoms with Gasteiger partial charge in [-0.1, -0.05) is 12.2 Å². The van der Waals surface area contributed by atoms with E-state index in [1.165, 1.54) is 26.2 Å². The molecule has 2 aliphatic heterocycles. The molecule has 0 spiro atoms. The number of likely N-dealkylation sites (tertiary alicyclic amines) is 2. The summed E-state index contributed by atoms with van der Waals surface area (Å²) < 4.78 is 0. The molecule has 0 amide bonds. The highest BCUT2D eigenvalue weighted by Gasteiger charge is 2.55. The molecule has 0 aromatic rings. The summed E-state index contributed by atoms with van der Waals surface area (Å²) in [6, 6.07) is 0. The Kier molecular flexibility index (Phi) is 1.88. The minimum Gasteiger partial charge on any atom is -0.306 e. The molecule has 5 aliphatic rings. The topological polar surface area (TPSA) is 6.48 Å². The summed E-state index contributed by atoms with van der Waals surface area (Å²) in [7, 11) is 4.61. The van der Waals surface area contributed by atoms with Gasteiger partial charge in [0.05, 0.1) is 0 Å². The largest absolute Gasteiger partial charge is 0.306 e. The van der Waals surface area contributed by atoms with E-state index in [0.717, 1.165) is 35.5 Å². The summed E-state index contributed by atoms with van der Waals surface area (Å²) in [5.74, 6) is 5.71. The van der Waals surface area contributed by atoms with Crippen molar-refractivity contribution < 1.29 is 0 Å². The van der Waals surface area contributed by atoms with Gasteiger partial charge < -0.3 is 9.80 Å². The van der Waals surface area contributed by atoms with Crippen LogP contribution in [0.1, 0.15) is 0 Å². The SMILES string of the molecule is CN1C[C@@H]2C3C=CC([C@H]4CN(C)C[C@@H]34)[C@@H]2C1. The minimum absolute atomic E-state index is 0.898. The van der Waals surface area contributed by atoms with Crippen LogP contribution >= 0.6 is 0 Å². The standard InChI is InChI=1S/C14H22N2/c1-15-5-11-9-3-4-10(12(11)6-15)14-8-16(2)7-13(9)14/h3-4,9-14H,5-8H2,1-2H3/t9?,10?,11-,12+,13+,14-. The highest BCUT2D eigenvalue weighted by atomic mass is 15.2. The molecule has 2 saturated heterocycles. The van der Waals surface area contributed by atoms with E-state index < -0.39 is 0 Å². The number of nitrogens with zero attached hydrogens (tertiary/aromatic N) is 2. The van der Waals surface area contributed by atoms with Crippen molar-refractivity contribution in [2.75, 3.05) is 40.3 Å². The van der Waals surface area contributed by atoms with Crippen LogP contribution in [0.3, 0.4) is 0 Å². The maximum Gasteiger partial charge on any atom is 0.00158 e. The average molecular weight is 218 g/mol. The average Bonchev–Trinajstić information content (AvgIpc) is 2.79. The molecule has 2 heterocycles. The van der Waals surface area contributed by atoms with Gasteiger partial charge in [0.25, 0.3) is 0 Å². The third kappa shape index (κ3) is 1.10. The lowest BCUT2D eigenvalue weighted by Gasteiger charge is -2.48. The first-order valence-corrected chi connectivity index (χ1v) is 6.79. The predicted molar refractivity (Wildman–Crippen MR) is 65.1 cm³/mol. The zero-order chi connectivity index (χ0) is 10.9. The van der Waals surface area contributed by atoms with Gasteiger partial charge in [0.15, 0.2) is 0 Å². The first-order valence-electron chi connectivity index (χ1n) is 6.79. The quantitative estimate of drug-likeness (QED) is 0.563. The van der Waals surface area contributed by atoms with E-state index in [9.17, 15) is 0 Å². The Balaban J connectivity index is 1.71. The number of allylic oxidation sites excluding steroid dienone is 2. The first kappa shape index (κ1) is 9.67. The summed E-state index contributed by atoms with van der Waals surface area (Å²) in [5.41, 5.74) is 0. The van der Waals surface area contributed by atoms with Crippen LogP contribution < -0.4 is 0 Å². The Morgan fingerprint density at radius 2 is 1.00 bits per heavy atom. The van der Waals surface area contributed by atoms with Gasteiger partial charge in [-0.25, -0.2) is 0 Å². The van der Waals surface area contributed by atoms with Crippen LogP contribution in [0, 0.1) is 35.5 Å². The van der Waals surface area contributed by atoms with Crippen LogP contribution in [-0.2, 0) is 0 Å². The highest BCUT2D eigenvalue weighted by Crippen LogP contribution is 2.55. The third-order valence-corrected chi connectivity index (χ3v) is 5.72. The van der Waals surface area contributed by atoms with Gasteiger partial charge in [-0.3, -0.25) is 0 Å². The van der Waals surface area contributed by atoms with Crippen molar-refractivity contribution in [3.8, 4) is 0 Å². The smallest absolute Gasteiger partial charge is 0.00158 e. The van der Waals surface area contributed by atoms with Crippen molar-refractivity contribution in [1.82, 2.24) is 9.80 Å². The monoisotopic (exact) mass is 218 g/mol. The fourth-order valence-electron chi connectivity index (χ4n) is 5.22. The molecule has 0 N–H and O–H groups in total. The minimum atomic E-state index is 0.898. The zero-order valence-corrected chi connectivity index (χ0v) is 10.3. The Morgan fingerprint density at radius 1 is 0.688 bits per heavy atom. The molecule has 5 rings (SSSR count). The fourth-order valence-corrected chi connectivity index (χ4v) is 5.22. The molecule has 2 bridgehead atoms. The van der Waals surface area contributed by atoms with Gasteiger partial charge in [-0.15, -0.1) is 0 Å². The Morgan fingerprint density at radius 3 is 1.31 bits per heavy atom. The normalized spacial score (nSPS) is 55.6. The first-order chi connectivity index (χ1) is 7.74. The Labute approximate surface area is 98.3 Å². The molecule has 2 unspecified atom stereocenters. The second kappa shape index (κ2) is 3.11. The zero-order valence-electron chi connectivity index (χ0n) is 10.3. The summed E-state index contributed by atoms with van der Waals surface area (Å²) in [5, 5.41) is 0. The molecular formula is C14H22N2. The van der Waals surface area contributed by atoms with Crippen molar-refractivity contribution in [3.05, 3.63) is 12.2 Å². The van der Waals surface area contributed by atoms with Crippen LogP contribution in [-0.4, -0.2) is 50.1 Å². The lowest BCUT2D eigenvalue weighted by Crippen LogP contribution is -2.47. The van der Waals surface area contributed by atoms with E-state index in [1.807, 2.05) is 0 Å². The van der Waals surface area contributed by atoms with Crippen molar-refractivity contribution in [2.24, 2.45) is 35.5 Å². The molecule has 88 valence electrons. The van der Waals surface area contributed by atoms with E-state index in [4.69, 9.17) is 0 Å². The lowest BCUT2D eigenvalue weighted by molar-refractivity contribution is 0.0650. The van der Waals surface area contributed by atoms with Gasteiger partial charge in [-0.2, -0.15) is 0 Å². The van der Waals surface area contributed by atoms with E-state index in [2.05, 4.69) is 36.0 Å². The van der Waals surface area contributed by atoms with E-state index in [0.29, 0.717) is 0 Å². The Hall–Kier alpha value is -0.340. The van der Waals surface area contributed by atoms with Gasteiger partial charge >= 0.3 is 0 Å². The molecule has 2 nitrogen and oxygen atoms in total. The van der Waals surface area contributed by atoms with Crippen molar-refractivity contribution >= 4 is 0 Å². The molecular weight excluding hydrogens is 196 g/mol. The summed E-state index contributed by atoms with van der Waals surface area (Å²) in [4.78, 5) is 5.13. The van der Waals surface area contributed by atoms with Crippen LogP contribution in [0.2, 0.25) is 0 Å². The second-order valence-electron chi connectivity index (χ2n) is 6.64. The molecule has 3 aliphatic carbocycles. The summed E-state index contributed by atoms with van der Waals surface area (Å²) >= 11 is 0. The van der Waals surface area contributed by atoms with Crippen LogP contribution in [0.25, 0.3) is 0 Å². The molecule has 6 atom stereocenters. The third-order valence-electron chi connectivity index (χ3n) is 5.72. The molecule has 0 aromatic heterocycles. The molecule has 0 aromatic carbocycles. The summed E-state index contributed by atoms with van der Waals surface area (Å²) in [6.45, 7) is 5.40. The van der Waals surface area contributed by atoms with Crippen LogP contribution in [0.5, 0.6) is 0 Å². The van der Waals surface area contributed by atoms with E-state index >= 15 is 0 Å². The highest BCUT2D eigenvalue weighted by molar-refractivity contribution is 5.19. The van der Waals surface area contributed by atoms with Crippen LogP contribution in [0.15, 0.2) is 12.2 Å². The second-order valence-corrected chi connectivity index (χ2v) is 6.64. The fraction of sp³-hybridized carbons (Fsp3) is 0.857. The van der Waals surface area contributed by atoms with E-state index in [-0.39, 0.29) is 0 Å².